The van der Waals surface area contributed by atoms with Crippen molar-refractivity contribution in [2.75, 3.05) is 0 Å². The molecule has 3 amide bonds. The highest BCUT2D eigenvalue weighted by molar-refractivity contribution is 6.04. The summed E-state index contributed by atoms with van der Waals surface area (Å²) in [5, 5.41) is 6.83. The summed E-state index contributed by atoms with van der Waals surface area (Å²) < 4.78 is 13.2. The first-order valence-corrected chi connectivity index (χ1v) is 13.2. The van der Waals surface area contributed by atoms with Crippen molar-refractivity contribution in [3.05, 3.63) is 107 Å². The summed E-state index contributed by atoms with van der Waals surface area (Å²) in [6.07, 6.45) is 0.337. The van der Waals surface area contributed by atoms with Gasteiger partial charge in [-0.2, -0.15) is 0 Å². The zero-order valence-corrected chi connectivity index (χ0v) is 21.7. The molecule has 4 aromatic rings. The number of benzene rings is 3. The predicted octanol–water partition coefficient (Wildman–Crippen LogP) is 4.23. The molecule has 7 nitrogen and oxygen atoms in total. The van der Waals surface area contributed by atoms with E-state index in [4.69, 9.17) is 0 Å². The molecule has 6 rings (SSSR count). The number of nitrogens with one attached hydrogen (secondary N) is 3. The number of aromatic amines is 1. The number of carbonyl (C=O) groups is 3. The molecule has 1 aromatic heterocycles. The highest BCUT2D eigenvalue weighted by atomic mass is 19.1. The monoisotopic (exact) mass is 524 g/mol. The van der Waals surface area contributed by atoms with Gasteiger partial charge in [-0.1, -0.05) is 62.4 Å². The molecule has 8 heteroatoms. The van der Waals surface area contributed by atoms with Gasteiger partial charge >= 0.3 is 0 Å². The van der Waals surface area contributed by atoms with Crippen molar-refractivity contribution >= 4 is 28.6 Å². The summed E-state index contributed by atoms with van der Waals surface area (Å²) in [6.45, 7) is 3.93. The lowest BCUT2D eigenvalue weighted by molar-refractivity contribution is -0.133. The molecule has 0 saturated carbocycles. The molecule has 198 valence electrons. The molecule has 3 N–H and O–H groups in total. The van der Waals surface area contributed by atoms with Gasteiger partial charge in [-0.05, 0) is 46.9 Å². The summed E-state index contributed by atoms with van der Waals surface area (Å²) in [5.41, 5.74) is 5.10. The van der Waals surface area contributed by atoms with E-state index < -0.39 is 18.1 Å². The quantitative estimate of drug-likeness (QED) is 0.352. The number of carbonyl (C=O) groups excluding carboxylic acids is 3. The van der Waals surface area contributed by atoms with Gasteiger partial charge in [-0.3, -0.25) is 14.4 Å². The standard InChI is InChI=1S/C31H29FN4O3/c1-17(2)26(30(38)33-16-18-11-13-19(32)14-12-18)35-29(37)25-15-23-20-7-5-6-10-24(20)34-27(23)28-21-8-3-4-9-22(21)31(39)36(25)28/h3-14,17,25-26,28,34H,15-16H2,1-2H3,(H,33,38)(H,35,37). The minimum atomic E-state index is -0.805. The van der Waals surface area contributed by atoms with E-state index in [9.17, 15) is 18.8 Å². The van der Waals surface area contributed by atoms with Crippen LogP contribution in [0.1, 0.15) is 52.6 Å². The highest BCUT2D eigenvalue weighted by Gasteiger charge is 2.49. The first-order chi connectivity index (χ1) is 18.8. The highest BCUT2D eigenvalue weighted by Crippen LogP contribution is 2.46. The molecule has 0 fully saturated rings. The molecule has 3 unspecified atom stereocenters. The first kappa shape index (κ1) is 24.9. The van der Waals surface area contributed by atoms with Gasteiger partial charge < -0.3 is 20.5 Å². The van der Waals surface area contributed by atoms with E-state index in [-0.39, 0.29) is 36.0 Å². The summed E-state index contributed by atoms with van der Waals surface area (Å²) >= 11 is 0. The number of H-pyrrole nitrogens is 1. The number of para-hydroxylation sites is 1. The van der Waals surface area contributed by atoms with Crippen LogP contribution in [-0.4, -0.2) is 39.7 Å². The Labute approximate surface area is 225 Å². The van der Waals surface area contributed by atoms with E-state index in [0.717, 1.165) is 33.3 Å². The SMILES string of the molecule is CC(C)C(NC(=O)C1Cc2c([nH]c3ccccc23)C2c3ccccc3C(=O)N12)C(=O)NCc1ccc(F)cc1. The second-order valence-corrected chi connectivity index (χ2v) is 10.6. The molecule has 0 spiro atoms. The van der Waals surface area contributed by atoms with Crippen molar-refractivity contribution in [1.29, 1.82) is 0 Å². The van der Waals surface area contributed by atoms with Gasteiger partial charge in [-0.25, -0.2) is 4.39 Å². The second-order valence-electron chi connectivity index (χ2n) is 10.6. The molecule has 39 heavy (non-hydrogen) atoms. The molecule has 0 saturated heterocycles. The van der Waals surface area contributed by atoms with Crippen LogP contribution in [0.5, 0.6) is 0 Å². The van der Waals surface area contributed by atoms with Crippen LogP contribution in [0.2, 0.25) is 0 Å². The largest absolute Gasteiger partial charge is 0.356 e. The Hall–Kier alpha value is -4.46. The third-order valence-electron chi connectivity index (χ3n) is 7.78. The molecule has 3 heterocycles. The summed E-state index contributed by atoms with van der Waals surface area (Å²) in [6, 6.07) is 19.3. The van der Waals surface area contributed by atoms with Crippen LogP contribution in [0.25, 0.3) is 10.9 Å². The van der Waals surface area contributed by atoms with E-state index in [1.807, 2.05) is 56.3 Å². The third-order valence-corrected chi connectivity index (χ3v) is 7.78. The van der Waals surface area contributed by atoms with Crippen molar-refractivity contribution in [2.24, 2.45) is 5.92 Å². The van der Waals surface area contributed by atoms with Gasteiger partial charge in [0.15, 0.2) is 0 Å². The van der Waals surface area contributed by atoms with E-state index in [1.54, 1.807) is 23.1 Å². The lowest BCUT2D eigenvalue weighted by atomic mass is 9.89. The van der Waals surface area contributed by atoms with Gasteiger partial charge in [0, 0.05) is 35.1 Å². The Morgan fingerprint density at radius 1 is 1.03 bits per heavy atom. The maximum Gasteiger partial charge on any atom is 0.255 e. The zero-order chi connectivity index (χ0) is 27.3. The van der Waals surface area contributed by atoms with Gasteiger partial charge in [0.05, 0.1) is 6.04 Å². The van der Waals surface area contributed by atoms with Crippen LogP contribution < -0.4 is 10.6 Å². The molecular weight excluding hydrogens is 495 g/mol. The van der Waals surface area contributed by atoms with Gasteiger partial charge in [-0.15, -0.1) is 0 Å². The van der Waals surface area contributed by atoms with Crippen LogP contribution in [0.4, 0.5) is 4.39 Å². The second kappa shape index (κ2) is 9.69. The van der Waals surface area contributed by atoms with Gasteiger partial charge in [0.25, 0.3) is 5.91 Å². The van der Waals surface area contributed by atoms with Crippen molar-refractivity contribution in [1.82, 2.24) is 20.5 Å². The van der Waals surface area contributed by atoms with Crippen LogP contribution in [0.3, 0.4) is 0 Å². The molecule has 2 aliphatic rings. The first-order valence-electron chi connectivity index (χ1n) is 13.2. The fourth-order valence-corrected chi connectivity index (χ4v) is 5.82. The van der Waals surface area contributed by atoms with E-state index in [0.29, 0.717) is 12.0 Å². The summed E-state index contributed by atoms with van der Waals surface area (Å²) in [5.74, 6) is -1.44. The average Bonchev–Trinajstić information content (AvgIpc) is 3.46. The molecule has 3 atom stereocenters. The lowest BCUT2D eigenvalue weighted by Gasteiger charge is -2.38. The van der Waals surface area contributed by atoms with E-state index >= 15 is 0 Å². The topological polar surface area (TPSA) is 94.3 Å². The Balaban J connectivity index is 1.30. The fourth-order valence-electron chi connectivity index (χ4n) is 5.82. The maximum absolute atomic E-state index is 13.9. The maximum atomic E-state index is 13.9. The number of halogens is 1. The summed E-state index contributed by atoms with van der Waals surface area (Å²) in [4.78, 5) is 45.9. The van der Waals surface area contributed by atoms with Crippen LogP contribution >= 0.6 is 0 Å². The molecule has 0 radical (unpaired) electrons. The van der Waals surface area contributed by atoms with E-state index in [2.05, 4.69) is 15.6 Å². The number of fused-ring (bicyclic) bond motifs is 7. The van der Waals surface area contributed by atoms with Crippen LogP contribution in [0, 0.1) is 11.7 Å². The summed E-state index contributed by atoms with van der Waals surface area (Å²) in [7, 11) is 0. The van der Waals surface area contributed by atoms with Crippen LogP contribution in [0.15, 0.2) is 72.8 Å². The minimum Gasteiger partial charge on any atom is -0.356 e. The number of amides is 3. The minimum absolute atomic E-state index is 0.193. The number of aromatic nitrogens is 1. The normalized spacial score (nSPS) is 18.5. The van der Waals surface area contributed by atoms with Crippen molar-refractivity contribution in [3.8, 4) is 0 Å². The zero-order valence-electron chi connectivity index (χ0n) is 21.7. The fraction of sp³-hybridized carbons (Fsp3) is 0.258. The number of nitrogens with zero attached hydrogens (tertiary/aromatic N) is 1. The van der Waals surface area contributed by atoms with Crippen molar-refractivity contribution < 1.29 is 18.8 Å². The molecule has 3 aromatic carbocycles. The third kappa shape index (κ3) is 4.26. The van der Waals surface area contributed by atoms with Crippen molar-refractivity contribution in [3.63, 3.8) is 0 Å². The molecule has 2 aliphatic heterocycles. The van der Waals surface area contributed by atoms with Gasteiger partial charge in [0.2, 0.25) is 11.8 Å². The van der Waals surface area contributed by atoms with Gasteiger partial charge in [0.1, 0.15) is 17.9 Å². The molecule has 0 aliphatic carbocycles. The van der Waals surface area contributed by atoms with E-state index in [1.165, 1.54) is 12.1 Å². The average molecular weight is 525 g/mol. The number of hydrogen-bond donors (Lipinski definition) is 3. The Morgan fingerprint density at radius 2 is 1.74 bits per heavy atom. The van der Waals surface area contributed by atoms with Crippen LogP contribution in [-0.2, 0) is 22.6 Å². The number of rotatable bonds is 6. The molecule has 0 bridgehead atoms. The molecular formula is C31H29FN4O3. The predicted molar refractivity (Wildman–Crippen MR) is 145 cm³/mol. The number of hydrogen-bond acceptors (Lipinski definition) is 3. The lowest BCUT2D eigenvalue weighted by Crippen LogP contribution is -2.57. The van der Waals surface area contributed by atoms with Crippen molar-refractivity contribution in [2.45, 2.75) is 44.9 Å². The Morgan fingerprint density at radius 3 is 2.51 bits per heavy atom. The Bertz CT molecular complexity index is 1590. The smallest absolute Gasteiger partial charge is 0.255 e. The Kier molecular flexibility index (Phi) is 6.17.